The molecule has 3 aliphatic carbocycles. The Morgan fingerprint density at radius 3 is 2.48 bits per heavy atom. The number of sulfonamides is 1. The number of hydrogen-bond donors (Lipinski definition) is 1. The average molecular weight is 416 g/mol. The van der Waals surface area contributed by atoms with Crippen LogP contribution in [-0.2, 0) is 15.4 Å². The fourth-order valence-electron chi connectivity index (χ4n) is 7.43. The van der Waals surface area contributed by atoms with Crippen molar-refractivity contribution in [3.63, 3.8) is 0 Å². The lowest BCUT2D eigenvalue weighted by atomic mass is 9.70. The number of aliphatic hydroxyl groups is 1. The van der Waals surface area contributed by atoms with Crippen LogP contribution in [0.25, 0.3) is 6.08 Å². The third-order valence-electron chi connectivity index (χ3n) is 9.34. The second-order valence-electron chi connectivity index (χ2n) is 10.6. The van der Waals surface area contributed by atoms with E-state index in [-0.39, 0.29) is 22.5 Å². The molecule has 1 saturated heterocycles. The van der Waals surface area contributed by atoms with Gasteiger partial charge in [0.05, 0.1) is 11.9 Å². The fourth-order valence-corrected chi connectivity index (χ4v) is 9.69. The second kappa shape index (κ2) is 6.18. The molecule has 0 radical (unpaired) electrons. The van der Waals surface area contributed by atoms with Crippen molar-refractivity contribution >= 4 is 16.1 Å². The maximum Gasteiger partial charge on any atom is 0.214 e. The summed E-state index contributed by atoms with van der Waals surface area (Å²) < 4.78 is 28.7. The summed E-state index contributed by atoms with van der Waals surface area (Å²) in [6.45, 7) is 7.58. The number of benzene rings is 1. The van der Waals surface area contributed by atoms with Crippen LogP contribution < -0.4 is 0 Å². The Labute approximate surface area is 175 Å². The van der Waals surface area contributed by atoms with E-state index in [4.69, 9.17) is 0 Å². The zero-order chi connectivity index (χ0) is 20.7. The summed E-state index contributed by atoms with van der Waals surface area (Å²) in [7, 11) is -3.41. The van der Waals surface area contributed by atoms with Crippen molar-refractivity contribution in [2.45, 2.75) is 58.0 Å². The lowest BCUT2D eigenvalue weighted by molar-refractivity contribution is -0.00463. The molecule has 2 saturated carbocycles. The molecular formula is C24H33NO3S. The molecule has 0 amide bonds. The van der Waals surface area contributed by atoms with Crippen LogP contribution >= 0.6 is 0 Å². The Morgan fingerprint density at radius 1 is 1.14 bits per heavy atom. The minimum atomic E-state index is -3.41. The van der Waals surface area contributed by atoms with E-state index in [2.05, 4.69) is 57.2 Å². The van der Waals surface area contributed by atoms with E-state index in [1.165, 1.54) is 11.1 Å². The highest BCUT2D eigenvalue weighted by molar-refractivity contribution is 7.89. The van der Waals surface area contributed by atoms with E-state index in [1.54, 1.807) is 4.31 Å². The average Bonchev–Trinajstić information content (AvgIpc) is 3.20. The van der Waals surface area contributed by atoms with E-state index in [1.807, 2.05) is 0 Å². The summed E-state index contributed by atoms with van der Waals surface area (Å²) in [6, 6.07) is 8.47. The van der Waals surface area contributed by atoms with Gasteiger partial charge in [-0.2, -0.15) is 0 Å². The Kier molecular flexibility index (Phi) is 4.21. The van der Waals surface area contributed by atoms with Crippen LogP contribution in [0.3, 0.4) is 0 Å². The van der Waals surface area contributed by atoms with Gasteiger partial charge in [-0.05, 0) is 54.1 Å². The molecule has 29 heavy (non-hydrogen) atoms. The summed E-state index contributed by atoms with van der Waals surface area (Å²) in [5, 5.41) is 11.0. The normalized spacial score (nSPS) is 37.3. The molecule has 0 aromatic heterocycles. The molecule has 1 spiro atoms. The predicted octanol–water partition coefficient (Wildman–Crippen LogP) is 3.81. The van der Waals surface area contributed by atoms with Gasteiger partial charge in [0.15, 0.2) is 0 Å². The molecule has 1 aromatic carbocycles. The number of fused-ring (bicyclic) bond motifs is 4. The lowest BCUT2D eigenvalue weighted by Gasteiger charge is -2.43. The zero-order valence-electron chi connectivity index (χ0n) is 17.8. The maximum absolute atomic E-state index is 13.5. The van der Waals surface area contributed by atoms with Gasteiger partial charge in [0, 0.05) is 23.9 Å². The van der Waals surface area contributed by atoms with Gasteiger partial charge in [0.25, 0.3) is 0 Å². The molecule has 4 nitrogen and oxygen atoms in total. The number of allylic oxidation sites excluding steroid dienone is 1. The van der Waals surface area contributed by atoms with Crippen LogP contribution in [0.15, 0.2) is 30.3 Å². The van der Waals surface area contributed by atoms with Crippen LogP contribution in [0.5, 0.6) is 0 Å². The first-order chi connectivity index (χ1) is 13.6. The maximum atomic E-state index is 13.5. The van der Waals surface area contributed by atoms with Crippen LogP contribution in [0.4, 0.5) is 0 Å². The first-order valence-electron chi connectivity index (χ1n) is 11.1. The van der Waals surface area contributed by atoms with E-state index >= 15 is 0 Å². The highest BCUT2D eigenvalue weighted by Crippen LogP contribution is 2.68. The molecule has 158 valence electrons. The standard InChI is InChI=1S/C24H33NO3S/c1-17-19-9-11-24(21(17)26,22(19,2)3)16-29(27,28)25-14-12-23(13-15-25)10-8-18-6-4-5-7-20(18)23/h4-8,10,17,19,21,26H,9,11-16H2,1-3H3/t17-,19-,21-,24-/m1/s1. The predicted molar refractivity (Wildman–Crippen MR) is 116 cm³/mol. The van der Waals surface area contributed by atoms with Gasteiger partial charge < -0.3 is 5.11 Å². The van der Waals surface area contributed by atoms with Crippen molar-refractivity contribution in [3.8, 4) is 0 Å². The quantitative estimate of drug-likeness (QED) is 0.817. The van der Waals surface area contributed by atoms with Gasteiger partial charge in [0.2, 0.25) is 10.0 Å². The van der Waals surface area contributed by atoms with Gasteiger partial charge in [-0.25, -0.2) is 12.7 Å². The van der Waals surface area contributed by atoms with Gasteiger partial charge >= 0.3 is 0 Å². The Hall–Kier alpha value is -1.17. The van der Waals surface area contributed by atoms with Crippen LogP contribution in [0.2, 0.25) is 0 Å². The van der Waals surface area contributed by atoms with Gasteiger partial charge in [-0.15, -0.1) is 0 Å². The van der Waals surface area contributed by atoms with Crippen LogP contribution in [-0.4, -0.2) is 42.8 Å². The molecule has 1 N–H and O–H groups in total. The third-order valence-corrected chi connectivity index (χ3v) is 11.4. The van der Waals surface area contributed by atoms with Crippen molar-refractivity contribution in [1.29, 1.82) is 0 Å². The number of hydrogen-bond acceptors (Lipinski definition) is 3. The van der Waals surface area contributed by atoms with Crippen molar-refractivity contribution in [2.75, 3.05) is 18.8 Å². The first kappa shape index (κ1) is 19.8. The van der Waals surface area contributed by atoms with E-state index in [0.29, 0.717) is 19.0 Å². The molecule has 0 unspecified atom stereocenters. The molecule has 5 rings (SSSR count). The van der Waals surface area contributed by atoms with Gasteiger partial charge in [0.1, 0.15) is 0 Å². The first-order valence-corrected chi connectivity index (χ1v) is 12.7. The molecule has 1 heterocycles. The largest absolute Gasteiger partial charge is 0.392 e. The summed E-state index contributed by atoms with van der Waals surface area (Å²) in [6.07, 6.45) is 7.47. The molecule has 3 fully saturated rings. The van der Waals surface area contributed by atoms with Crippen LogP contribution in [0.1, 0.15) is 57.6 Å². The van der Waals surface area contributed by atoms with Gasteiger partial charge in [-0.1, -0.05) is 57.2 Å². The van der Waals surface area contributed by atoms with Crippen molar-refractivity contribution in [1.82, 2.24) is 4.31 Å². The van der Waals surface area contributed by atoms with Crippen LogP contribution in [0, 0.1) is 22.7 Å². The number of rotatable bonds is 3. The second-order valence-corrected chi connectivity index (χ2v) is 12.5. The minimum absolute atomic E-state index is 0.0139. The Balaban J connectivity index is 1.36. The molecule has 5 heteroatoms. The summed E-state index contributed by atoms with van der Waals surface area (Å²) in [5.74, 6) is 0.685. The van der Waals surface area contributed by atoms with E-state index in [0.717, 1.165) is 25.7 Å². The summed E-state index contributed by atoms with van der Waals surface area (Å²) in [5.41, 5.74) is 1.95. The summed E-state index contributed by atoms with van der Waals surface area (Å²) >= 11 is 0. The molecule has 4 aliphatic rings. The highest BCUT2D eigenvalue weighted by atomic mass is 32.2. The smallest absolute Gasteiger partial charge is 0.214 e. The molecule has 2 bridgehead atoms. The fraction of sp³-hybridized carbons (Fsp3) is 0.667. The Morgan fingerprint density at radius 2 is 1.83 bits per heavy atom. The number of aliphatic hydroxyl groups excluding tert-OH is 1. The summed E-state index contributed by atoms with van der Waals surface area (Å²) in [4.78, 5) is 0. The van der Waals surface area contributed by atoms with E-state index < -0.39 is 21.5 Å². The SMILES string of the molecule is C[C@@H]1[C@H]2CC[C@@](CS(=O)(=O)N3CCC4(C=Cc5ccccc54)CC3)([C@@H]1O)C2(C)C. The molecule has 4 atom stereocenters. The number of piperidine rings is 1. The van der Waals surface area contributed by atoms with Crippen molar-refractivity contribution < 1.29 is 13.5 Å². The van der Waals surface area contributed by atoms with Crippen molar-refractivity contribution in [2.24, 2.45) is 22.7 Å². The molecular weight excluding hydrogens is 382 g/mol. The number of nitrogens with zero attached hydrogens (tertiary/aromatic N) is 1. The van der Waals surface area contributed by atoms with E-state index in [9.17, 15) is 13.5 Å². The van der Waals surface area contributed by atoms with Crippen molar-refractivity contribution in [3.05, 3.63) is 41.5 Å². The zero-order valence-corrected chi connectivity index (χ0v) is 18.6. The minimum Gasteiger partial charge on any atom is -0.392 e. The monoisotopic (exact) mass is 415 g/mol. The lowest BCUT2D eigenvalue weighted by Crippen LogP contribution is -2.51. The topological polar surface area (TPSA) is 57.6 Å². The third kappa shape index (κ3) is 2.53. The van der Waals surface area contributed by atoms with Gasteiger partial charge in [-0.3, -0.25) is 0 Å². The highest BCUT2D eigenvalue weighted by Gasteiger charge is 2.68. The Bertz CT molecular complexity index is 958. The molecule has 1 aromatic rings. The molecule has 1 aliphatic heterocycles.